The van der Waals surface area contributed by atoms with Crippen LogP contribution in [0.2, 0.25) is 0 Å². The van der Waals surface area contributed by atoms with Gasteiger partial charge in [-0.25, -0.2) is 8.78 Å². The van der Waals surface area contributed by atoms with Crippen LogP contribution in [-0.4, -0.2) is 0 Å². The van der Waals surface area contributed by atoms with Crippen LogP contribution in [0.4, 0.5) is 14.5 Å². The molecule has 1 aromatic rings. The summed E-state index contributed by atoms with van der Waals surface area (Å²) in [5.74, 6) is 3.56. The fourth-order valence-electron chi connectivity index (χ4n) is 0.789. The summed E-state index contributed by atoms with van der Waals surface area (Å²) in [5, 5.41) is 0. The summed E-state index contributed by atoms with van der Waals surface area (Å²) in [6.45, 7) is 1.54. The number of benzene rings is 1. The number of halogens is 2. The van der Waals surface area contributed by atoms with Gasteiger partial charge in [0.1, 0.15) is 5.69 Å². The van der Waals surface area contributed by atoms with Crippen LogP contribution in [0.15, 0.2) is 12.1 Å². The van der Waals surface area contributed by atoms with Crippen molar-refractivity contribution in [3.05, 3.63) is 29.3 Å². The molecule has 0 spiro atoms. The van der Waals surface area contributed by atoms with Crippen LogP contribution in [-0.2, 0) is 0 Å². The predicted octanol–water partition coefficient (Wildman–Crippen LogP) is 1.56. The molecule has 0 aromatic heterocycles. The van der Waals surface area contributed by atoms with Crippen molar-refractivity contribution in [2.75, 3.05) is 5.43 Å². The molecule has 2 nitrogen and oxygen atoms in total. The van der Waals surface area contributed by atoms with Gasteiger partial charge in [0.2, 0.25) is 0 Å². The minimum absolute atomic E-state index is 0.287. The standard InChI is InChI=1S/C7H8F2N2/c1-4-2-3-5(8)7(11-10)6(4)9/h2-3,11H,10H2,1H3. The van der Waals surface area contributed by atoms with Gasteiger partial charge in [-0.15, -0.1) is 0 Å². The second-order valence-corrected chi connectivity index (χ2v) is 2.20. The average Bonchev–Trinajstić information content (AvgIpc) is 1.99. The molecule has 4 heteroatoms. The van der Waals surface area contributed by atoms with Gasteiger partial charge in [0.05, 0.1) is 0 Å². The van der Waals surface area contributed by atoms with Crippen LogP contribution in [0.5, 0.6) is 0 Å². The van der Waals surface area contributed by atoms with E-state index in [1.807, 2.05) is 5.43 Å². The van der Waals surface area contributed by atoms with Crippen LogP contribution >= 0.6 is 0 Å². The van der Waals surface area contributed by atoms with Crippen molar-refractivity contribution < 1.29 is 8.78 Å². The Hall–Kier alpha value is -1.16. The number of nitrogen functional groups attached to an aromatic ring is 1. The molecular formula is C7H8F2N2. The van der Waals surface area contributed by atoms with Gasteiger partial charge in [-0.1, -0.05) is 6.07 Å². The lowest BCUT2D eigenvalue weighted by Crippen LogP contribution is -2.11. The first kappa shape index (κ1) is 7.94. The van der Waals surface area contributed by atoms with E-state index in [9.17, 15) is 8.78 Å². The summed E-state index contributed by atoms with van der Waals surface area (Å²) in [5.41, 5.74) is 2.03. The summed E-state index contributed by atoms with van der Waals surface area (Å²) in [4.78, 5) is 0. The number of aryl methyl sites for hydroxylation is 1. The molecule has 1 aromatic carbocycles. The number of hydrazine groups is 1. The topological polar surface area (TPSA) is 38.0 Å². The molecule has 0 fully saturated rings. The number of anilines is 1. The summed E-state index contributed by atoms with van der Waals surface area (Å²) in [7, 11) is 0. The molecule has 0 bridgehead atoms. The second-order valence-electron chi connectivity index (χ2n) is 2.20. The van der Waals surface area contributed by atoms with Gasteiger partial charge < -0.3 is 5.43 Å². The van der Waals surface area contributed by atoms with E-state index in [1.54, 1.807) is 0 Å². The van der Waals surface area contributed by atoms with Gasteiger partial charge in [-0.3, -0.25) is 5.84 Å². The molecule has 0 aliphatic carbocycles. The fraction of sp³-hybridized carbons (Fsp3) is 0.143. The van der Waals surface area contributed by atoms with Crippen molar-refractivity contribution in [2.24, 2.45) is 5.84 Å². The lowest BCUT2D eigenvalue weighted by Gasteiger charge is -2.04. The highest BCUT2D eigenvalue weighted by molar-refractivity contribution is 5.47. The van der Waals surface area contributed by atoms with E-state index in [0.717, 1.165) is 6.07 Å². The molecule has 0 heterocycles. The highest BCUT2D eigenvalue weighted by Gasteiger charge is 2.08. The third kappa shape index (κ3) is 1.30. The van der Waals surface area contributed by atoms with E-state index in [0.29, 0.717) is 5.56 Å². The Balaban J connectivity index is 3.29. The van der Waals surface area contributed by atoms with Gasteiger partial charge >= 0.3 is 0 Å². The number of nitrogens with one attached hydrogen (secondary N) is 1. The molecule has 60 valence electrons. The van der Waals surface area contributed by atoms with Crippen molar-refractivity contribution in [1.82, 2.24) is 0 Å². The Kier molecular flexibility index (Phi) is 2.05. The smallest absolute Gasteiger partial charge is 0.153 e. The predicted molar refractivity (Wildman–Crippen MR) is 38.9 cm³/mol. The molecule has 0 saturated carbocycles. The number of hydrogen-bond donors (Lipinski definition) is 2. The molecule has 0 aliphatic rings. The van der Waals surface area contributed by atoms with Crippen molar-refractivity contribution in [3.8, 4) is 0 Å². The van der Waals surface area contributed by atoms with E-state index in [1.165, 1.54) is 13.0 Å². The zero-order chi connectivity index (χ0) is 8.43. The molecular weight excluding hydrogens is 150 g/mol. The minimum atomic E-state index is -0.685. The number of nitrogens with two attached hydrogens (primary N) is 1. The van der Waals surface area contributed by atoms with Gasteiger partial charge in [-0.2, -0.15) is 0 Å². The van der Waals surface area contributed by atoms with Gasteiger partial charge in [-0.05, 0) is 18.6 Å². The van der Waals surface area contributed by atoms with Crippen molar-refractivity contribution in [1.29, 1.82) is 0 Å². The summed E-state index contributed by atoms with van der Waals surface area (Å²) >= 11 is 0. The van der Waals surface area contributed by atoms with E-state index >= 15 is 0 Å². The van der Waals surface area contributed by atoms with Crippen molar-refractivity contribution >= 4 is 5.69 Å². The molecule has 0 amide bonds. The largest absolute Gasteiger partial charge is 0.319 e. The van der Waals surface area contributed by atoms with E-state index < -0.39 is 11.6 Å². The van der Waals surface area contributed by atoms with Crippen LogP contribution in [0.25, 0.3) is 0 Å². The molecule has 0 radical (unpaired) electrons. The maximum atomic E-state index is 12.9. The van der Waals surface area contributed by atoms with Crippen LogP contribution in [0, 0.1) is 18.6 Å². The van der Waals surface area contributed by atoms with E-state index in [4.69, 9.17) is 5.84 Å². The normalized spacial score (nSPS) is 9.82. The van der Waals surface area contributed by atoms with Crippen LogP contribution in [0.3, 0.4) is 0 Å². The number of hydrogen-bond acceptors (Lipinski definition) is 2. The molecule has 0 atom stereocenters. The highest BCUT2D eigenvalue weighted by Crippen LogP contribution is 2.19. The molecule has 0 aliphatic heterocycles. The first-order valence-corrected chi connectivity index (χ1v) is 3.08. The first-order chi connectivity index (χ1) is 5.16. The molecule has 1 rings (SSSR count). The van der Waals surface area contributed by atoms with Gasteiger partial charge in [0.15, 0.2) is 11.6 Å². The fourth-order valence-corrected chi connectivity index (χ4v) is 0.789. The quantitative estimate of drug-likeness (QED) is 0.480. The SMILES string of the molecule is Cc1ccc(F)c(NN)c1F. The maximum Gasteiger partial charge on any atom is 0.153 e. The van der Waals surface area contributed by atoms with Gasteiger partial charge in [0, 0.05) is 0 Å². The van der Waals surface area contributed by atoms with E-state index in [-0.39, 0.29) is 5.69 Å². The van der Waals surface area contributed by atoms with Gasteiger partial charge in [0.25, 0.3) is 0 Å². The minimum Gasteiger partial charge on any atom is -0.319 e. The third-order valence-corrected chi connectivity index (χ3v) is 1.43. The van der Waals surface area contributed by atoms with Crippen molar-refractivity contribution in [2.45, 2.75) is 6.92 Å². The van der Waals surface area contributed by atoms with Crippen LogP contribution < -0.4 is 11.3 Å². The Morgan fingerprint density at radius 3 is 2.45 bits per heavy atom. The lowest BCUT2D eigenvalue weighted by atomic mass is 10.2. The zero-order valence-electron chi connectivity index (χ0n) is 5.99. The molecule has 3 N–H and O–H groups in total. The Bertz CT molecular complexity index is 273. The maximum absolute atomic E-state index is 12.9. The highest BCUT2D eigenvalue weighted by atomic mass is 19.1. The summed E-state index contributed by atoms with van der Waals surface area (Å²) in [6, 6.07) is 2.51. The summed E-state index contributed by atoms with van der Waals surface area (Å²) < 4.78 is 25.5. The molecule has 0 saturated heterocycles. The Morgan fingerprint density at radius 1 is 1.36 bits per heavy atom. The van der Waals surface area contributed by atoms with Crippen molar-refractivity contribution in [3.63, 3.8) is 0 Å². The molecule has 0 unspecified atom stereocenters. The molecule has 11 heavy (non-hydrogen) atoms. The lowest BCUT2D eigenvalue weighted by molar-refractivity contribution is 0.583. The van der Waals surface area contributed by atoms with Crippen LogP contribution in [0.1, 0.15) is 5.56 Å². The summed E-state index contributed by atoms with van der Waals surface area (Å²) in [6.07, 6.45) is 0. The first-order valence-electron chi connectivity index (χ1n) is 3.08. The third-order valence-electron chi connectivity index (χ3n) is 1.43. The number of rotatable bonds is 1. The average molecular weight is 158 g/mol. The Morgan fingerprint density at radius 2 is 2.00 bits per heavy atom. The second kappa shape index (κ2) is 2.84. The van der Waals surface area contributed by atoms with E-state index in [2.05, 4.69) is 0 Å². The Labute approximate surface area is 63.0 Å². The zero-order valence-corrected chi connectivity index (χ0v) is 5.99. The monoisotopic (exact) mass is 158 g/mol.